The molecule has 0 saturated heterocycles. The van der Waals surface area contributed by atoms with E-state index >= 15 is 0 Å². The molecule has 1 aromatic rings. The van der Waals surface area contributed by atoms with Crippen molar-refractivity contribution in [3.8, 4) is 0 Å². The second-order valence-electron chi connectivity index (χ2n) is 3.83. The second kappa shape index (κ2) is 7.63. The van der Waals surface area contributed by atoms with Gasteiger partial charge in [-0.25, -0.2) is 4.98 Å². The topological polar surface area (TPSA) is 34.6 Å². The Hall–Kier alpha value is -0.650. The number of methoxy groups -OCH3 is 2. The Morgan fingerprint density at radius 1 is 1.35 bits per heavy atom. The van der Waals surface area contributed by atoms with Crippen molar-refractivity contribution in [1.82, 2.24) is 4.98 Å². The molecule has 0 aliphatic rings. The number of aromatic nitrogens is 1. The van der Waals surface area contributed by atoms with Crippen LogP contribution in [0, 0.1) is 0 Å². The van der Waals surface area contributed by atoms with Gasteiger partial charge >= 0.3 is 0 Å². The van der Waals surface area contributed by atoms with Gasteiger partial charge in [-0.1, -0.05) is 0 Å². The zero-order valence-corrected chi connectivity index (χ0v) is 12.1. The summed E-state index contributed by atoms with van der Waals surface area (Å²) in [5.74, 6) is 0.940. The fourth-order valence-corrected chi connectivity index (χ4v) is 1.85. The van der Waals surface area contributed by atoms with Crippen LogP contribution in [-0.4, -0.2) is 45.0 Å². The number of hydrogen-bond acceptors (Lipinski definition) is 4. The lowest BCUT2D eigenvalue weighted by Gasteiger charge is -2.29. The van der Waals surface area contributed by atoms with Gasteiger partial charge in [-0.15, -0.1) is 0 Å². The van der Waals surface area contributed by atoms with Crippen molar-refractivity contribution in [2.24, 2.45) is 0 Å². The maximum atomic E-state index is 5.19. The first-order valence-corrected chi connectivity index (χ1v) is 6.34. The summed E-state index contributed by atoms with van der Waals surface area (Å²) in [5, 5.41) is 0. The lowest BCUT2D eigenvalue weighted by atomic mass is 10.3. The van der Waals surface area contributed by atoms with Crippen LogP contribution in [0.5, 0.6) is 0 Å². The van der Waals surface area contributed by atoms with E-state index in [9.17, 15) is 0 Å². The summed E-state index contributed by atoms with van der Waals surface area (Å²) in [5.41, 5.74) is 0. The number of pyridine rings is 1. The molecule has 1 rings (SSSR count). The van der Waals surface area contributed by atoms with E-state index in [1.54, 1.807) is 20.4 Å². The standard InChI is InChI=1S/C12H19BrN2O2/c1-10(9-17-3)15(6-7-16-2)12-5-4-11(13)8-14-12/h4-5,8,10H,6-7,9H2,1-3H3. The molecule has 0 fully saturated rings. The van der Waals surface area contributed by atoms with E-state index in [0.717, 1.165) is 16.8 Å². The maximum Gasteiger partial charge on any atom is 0.128 e. The average molecular weight is 303 g/mol. The summed E-state index contributed by atoms with van der Waals surface area (Å²) in [7, 11) is 3.41. The van der Waals surface area contributed by atoms with Crippen molar-refractivity contribution < 1.29 is 9.47 Å². The van der Waals surface area contributed by atoms with E-state index in [0.29, 0.717) is 13.2 Å². The molecule has 4 nitrogen and oxygen atoms in total. The summed E-state index contributed by atoms with van der Waals surface area (Å²) in [6.45, 7) is 4.26. The summed E-state index contributed by atoms with van der Waals surface area (Å²) in [4.78, 5) is 6.58. The zero-order chi connectivity index (χ0) is 12.7. The molecule has 1 atom stereocenters. The third kappa shape index (κ3) is 4.61. The molecular weight excluding hydrogens is 284 g/mol. The highest BCUT2D eigenvalue weighted by Gasteiger charge is 2.15. The van der Waals surface area contributed by atoms with E-state index in [4.69, 9.17) is 9.47 Å². The normalized spacial score (nSPS) is 12.5. The zero-order valence-electron chi connectivity index (χ0n) is 10.5. The Morgan fingerprint density at radius 3 is 2.65 bits per heavy atom. The summed E-state index contributed by atoms with van der Waals surface area (Å²) in [6, 6.07) is 4.25. The summed E-state index contributed by atoms with van der Waals surface area (Å²) < 4.78 is 11.3. The molecule has 17 heavy (non-hydrogen) atoms. The van der Waals surface area contributed by atoms with Crippen molar-refractivity contribution in [3.63, 3.8) is 0 Å². The average Bonchev–Trinajstić information content (AvgIpc) is 2.32. The molecule has 0 aliphatic carbocycles. The van der Waals surface area contributed by atoms with Crippen molar-refractivity contribution in [3.05, 3.63) is 22.8 Å². The molecule has 0 amide bonds. The van der Waals surface area contributed by atoms with Gasteiger partial charge in [-0.05, 0) is 35.0 Å². The van der Waals surface area contributed by atoms with Crippen LogP contribution in [0.25, 0.3) is 0 Å². The van der Waals surface area contributed by atoms with Crippen molar-refractivity contribution in [2.45, 2.75) is 13.0 Å². The minimum atomic E-state index is 0.267. The highest BCUT2D eigenvalue weighted by Crippen LogP contribution is 2.17. The second-order valence-corrected chi connectivity index (χ2v) is 4.74. The Bertz CT molecular complexity index is 319. The first kappa shape index (κ1) is 14.4. The van der Waals surface area contributed by atoms with Gasteiger partial charge in [-0.3, -0.25) is 0 Å². The summed E-state index contributed by atoms with van der Waals surface area (Å²) >= 11 is 3.38. The predicted molar refractivity (Wildman–Crippen MR) is 72.5 cm³/mol. The SMILES string of the molecule is COCCN(c1ccc(Br)cn1)C(C)COC. The third-order valence-electron chi connectivity index (χ3n) is 2.48. The number of ether oxygens (including phenoxy) is 2. The Kier molecular flexibility index (Phi) is 6.47. The van der Waals surface area contributed by atoms with Crippen LogP contribution in [0.15, 0.2) is 22.8 Å². The molecule has 0 N–H and O–H groups in total. The summed E-state index contributed by atoms with van der Waals surface area (Å²) in [6.07, 6.45) is 1.80. The third-order valence-corrected chi connectivity index (χ3v) is 2.95. The highest BCUT2D eigenvalue weighted by molar-refractivity contribution is 9.10. The highest BCUT2D eigenvalue weighted by atomic mass is 79.9. The van der Waals surface area contributed by atoms with Crippen molar-refractivity contribution in [2.75, 3.05) is 38.9 Å². The Labute approximate surface area is 111 Å². The van der Waals surface area contributed by atoms with Crippen molar-refractivity contribution in [1.29, 1.82) is 0 Å². The molecule has 96 valence electrons. The Morgan fingerprint density at radius 2 is 2.12 bits per heavy atom. The molecule has 0 bridgehead atoms. The number of hydrogen-bond donors (Lipinski definition) is 0. The predicted octanol–water partition coefficient (Wildman–Crippen LogP) is 2.33. The van der Waals surface area contributed by atoms with Gasteiger partial charge in [0.2, 0.25) is 0 Å². The fraction of sp³-hybridized carbons (Fsp3) is 0.583. The smallest absolute Gasteiger partial charge is 0.128 e. The van der Waals surface area contributed by atoms with E-state index in [1.165, 1.54) is 0 Å². The molecule has 1 unspecified atom stereocenters. The lowest BCUT2D eigenvalue weighted by Crippen LogP contribution is -2.39. The molecule has 0 aromatic carbocycles. The van der Waals surface area contributed by atoms with Gasteiger partial charge in [0.05, 0.1) is 19.3 Å². The van der Waals surface area contributed by atoms with Crippen LogP contribution in [0.3, 0.4) is 0 Å². The van der Waals surface area contributed by atoms with Gasteiger partial charge in [0.25, 0.3) is 0 Å². The number of halogens is 1. The van der Waals surface area contributed by atoms with E-state index in [2.05, 4.69) is 32.7 Å². The van der Waals surface area contributed by atoms with Gasteiger partial charge in [-0.2, -0.15) is 0 Å². The molecule has 0 spiro atoms. The molecule has 0 radical (unpaired) electrons. The first-order chi connectivity index (χ1) is 8.19. The molecule has 0 saturated carbocycles. The Balaban J connectivity index is 2.77. The lowest BCUT2D eigenvalue weighted by molar-refractivity contribution is 0.170. The van der Waals surface area contributed by atoms with Crippen LogP contribution >= 0.6 is 15.9 Å². The molecule has 0 aliphatic heterocycles. The van der Waals surface area contributed by atoms with Crippen LogP contribution in [-0.2, 0) is 9.47 Å². The number of nitrogens with zero attached hydrogens (tertiary/aromatic N) is 2. The number of anilines is 1. The van der Waals surface area contributed by atoms with Gasteiger partial charge in [0, 0.05) is 31.4 Å². The minimum Gasteiger partial charge on any atom is -0.383 e. The van der Waals surface area contributed by atoms with E-state index in [1.807, 2.05) is 12.1 Å². The number of rotatable bonds is 7. The maximum absolute atomic E-state index is 5.19. The van der Waals surface area contributed by atoms with Crippen molar-refractivity contribution >= 4 is 21.7 Å². The van der Waals surface area contributed by atoms with Crippen LogP contribution < -0.4 is 4.90 Å². The fourth-order valence-electron chi connectivity index (χ4n) is 1.62. The van der Waals surface area contributed by atoms with Crippen LogP contribution in [0.1, 0.15) is 6.92 Å². The minimum absolute atomic E-state index is 0.267. The first-order valence-electron chi connectivity index (χ1n) is 5.55. The van der Waals surface area contributed by atoms with Crippen LogP contribution in [0.4, 0.5) is 5.82 Å². The monoisotopic (exact) mass is 302 g/mol. The molecule has 5 heteroatoms. The van der Waals surface area contributed by atoms with Gasteiger partial charge in [0.15, 0.2) is 0 Å². The molecule has 1 aromatic heterocycles. The van der Waals surface area contributed by atoms with Gasteiger partial charge in [0.1, 0.15) is 5.82 Å². The quantitative estimate of drug-likeness (QED) is 0.774. The van der Waals surface area contributed by atoms with Gasteiger partial charge < -0.3 is 14.4 Å². The molecule has 1 heterocycles. The van der Waals surface area contributed by atoms with E-state index in [-0.39, 0.29) is 6.04 Å². The van der Waals surface area contributed by atoms with Crippen LogP contribution in [0.2, 0.25) is 0 Å². The largest absolute Gasteiger partial charge is 0.383 e. The molecular formula is C12H19BrN2O2. The van der Waals surface area contributed by atoms with E-state index < -0.39 is 0 Å².